The summed E-state index contributed by atoms with van der Waals surface area (Å²) >= 11 is 0. The summed E-state index contributed by atoms with van der Waals surface area (Å²) in [5.41, 5.74) is 1.19. The number of benzene rings is 1. The van der Waals surface area contributed by atoms with Crippen molar-refractivity contribution >= 4 is 5.91 Å². The second-order valence-corrected chi connectivity index (χ2v) is 6.40. The van der Waals surface area contributed by atoms with Crippen LogP contribution in [0.5, 0.6) is 0 Å². The Morgan fingerprint density at radius 2 is 2.17 bits per heavy atom. The summed E-state index contributed by atoms with van der Waals surface area (Å²) in [5, 5.41) is 0. The first-order chi connectivity index (χ1) is 11.8. The molecule has 128 valence electrons. The van der Waals surface area contributed by atoms with Crippen molar-refractivity contribution < 1.29 is 4.79 Å². The van der Waals surface area contributed by atoms with Gasteiger partial charge in [-0.05, 0) is 18.9 Å². The smallest absolute Gasteiger partial charge is 0.224 e. The van der Waals surface area contributed by atoms with Gasteiger partial charge in [0.2, 0.25) is 5.91 Å². The van der Waals surface area contributed by atoms with E-state index in [0.717, 1.165) is 32.6 Å². The van der Waals surface area contributed by atoms with E-state index < -0.39 is 0 Å². The lowest BCUT2D eigenvalue weighted by atomic mass is 10.2. The zero-order valence-corrected chi connectivity index (χ0v) is 14.3. The van der Waals surface area contributed by atoms with Gasteiger partial charge in [-0.25, -0.2) is 4.98 Å². The van der Waals surface area contributed by atoms with E-state index in [0.29, 0.717) is 19.0 Å². The minimum absolute atomic E-state index is 0.243. The molecule has 5 nitrogen and oxygen atoms in total. The number of amides is 1. The van der Waals surface area contributed by atoms with Crippen molar-refractivity contribution in [3.8, 4) is 0 Å². The summed E-state index contributed by atoms with van der Waals surface area (Å²) in [6.07, 6.45) is 7.47. The summed E-state index contributed by atoms with van der Waals surface area (Å²) in [6.45, 7) is 6.41. The maximum Gasteiger partial charge on any atom is 0.224 e. The fourth-order valence-electron chi connectivity index (χ4n) is 3.34. The van der Waals surface area contributed by atoms with Crippen LogP contribution in [0, 0.1) is 0 Å². The van der Waals surface area contributed by atoms with E-state index in [1.807, 2.05) is 48.7 Å². The Labute approximate surface area is 143 Å². The third-order valence-corrected chi connectivity index (χ3v) is 4.79. The zero-order chi connectivity index (χ0) is 16.8. The maximum atomic E-state index is 12.5. The van der Waals surface area contributed by atoms with Crippen molar-refractivity contribution in [1.29, 1.82) is 0 Å². The van der Waals surface area contributed by atoms with Crippen LogP contribution in [0.15, 0.2) is 49.1 Å². The monoisotopic (exact) mass is 326 g/mol. The van der Waals surface area contributed by atoms with E-state index in [-0.39, 0.29) is 5.91 Å². The van der Waals surface area contributed by atoms with Gasteiger partial charge in [0.25, 0.3) is 0 Å². The number of carbonyl (C=O) groups excluding carboxylic acids is 1. The van der Waals surface area contributed by atoms with Crippen molar-refractivity contribution in [3.63, 3.8) is 0 Å². The van der Waals surface area contributed by atoms with Gasteiger partial charge in [-0.15, -0.1) is 0 Å². The summed E-state index contributed by atoms with van der Waals surface area (Å²) in [5.74, 6) is 0.243. The van der Waals surface area contributed by atoms with Gasteiger partial charge in [-0.2, -0.15) is 0 Å². The molecule has 0 bridgehead atoms. The number of carbonyl (C=O) groups is 1. The summed E-state index contributed by atoms with van der Waals surface area (Å²) in [4.78, 5) is 21.0. The first-order valence-corrected chi connectivity index (χ1v) is 8.77. The summed E-state index contributed by atoms with van der Waals surface area (Å²) < 4.78 is 2.18. The molecule has 24 heavy (non-hydrogen) atoms. The second kappa shape index (κ2) is 8.11. The minimum atomic E-state index is 0.243. The molecule has 5 heteroatoms. The average Bonchev–Trinajstić information content (AvgIpc) is 3.29. The van der Waals surface area contributed by atoms with Gasteiger partial charge in [-0.1, -0.05) is 30.3 Å². The number of likely N-dealkylation sites (tertiary alicyclic amines) is 1. The van der Waals surface area contributed by atoms with E-state index in [4.69, 9.17) is 0 Å². The van der Waals surface area contributed by atoms with Crippen molar-refractivity contribution in [1.82, 2.24) is 19.4 Å². The molecule has 1 aromatic carbocycles. The van der Waals surface area contributed by atoms with Gasteiger partial charge in [-0.3, -0.25) is 4.79 Å². The molecular weight excluding hydrogens is 300 g/mol. The molecule has 0 aliphatic carbocycles. The van der Waals surface area contributed by atoms with E-state index >= 15 is 0 Å². The average molecular weight is 326 g/mol. The SMILES string of the molecule is CCN(Cc1ccccc1)C(=O)CCN1CC[C@H](n2ccnc2)C1. The predicted molar refractivity (Wildman–Crippen MR) is 94.5 cm³/mol. The second-order valence-electron chi connectivity index (χ2n) is 6.40. The predicted octanol–water partition coefficient (Wildman–Crippen LogP) is 2.57. The van der Waals surface area contributed by atoms with Crippen LogP contribution in [0.25, 0.3) is 0 Å². The van der Waals surface area contributed by atoms with Gasteiger partial charge in [0, 0.05) is 57.6 Å². The molecule has 1 atom stereocenters. The highest BCUT2D eigenvalue weighted by Gasteiger charge is 2.24. The number of aromatic nitrogens is 2. The molecule has 0 radical (unpaired) electrons. The number of hydrogen-bond donors (Lipinski definition) is 0. The van der Waals surface area contributed by atoms with E-state index in [9.17, 15) is 4.79 Å². The highest BCUT2D eigenvalue weighted by Crippen LogP contribution is 2.21. The molecule has 0 spiro atoms. The number of hydrogen-bond acceptors (Lipinski definition) is 3. The van der Waals surface area contributed by atoms with Crippen LogP contribution in [0.1, 0.15) is 31.4 Å². The van der Waals surface area contributed by atoms with E-state index in [1.165, 1.54) is 5.56 Å². The lowest BCUT2D eigenvalue weighted by Crippen LogP contribution is -2.33. The molecule has 0 N–H and O–H groups in total. The molecule has 1 amide bonds. The molecule has 0 saturated carbocycles. The summed E-state index contributed by atoms with van der Waals surface area (Å²) in [7, 11) is 0. The van der Waals surface area contributed by atoms with Gasteiger partial charge in [0.15, 0.2) is 0 Å². The van der Waals surface area contributed by atoms with Crippen LogP contribution >= 0.6 is 0 Å². The molecule has 0 unspecified atom stereocenters. The lowest BCUT2D eigenvalue weighted by Gasteiger charge is -2.23. The molecule has 1 aliphatic rings. The quantitative estimate of drug-likeness (QED) is 0.785. The van der Waals surface area contributed by atoms with Crippen LogP contribution in [0.4, 0.5) is 0 Å². The zero-order valence-electron chi connectivity index (χ0n) is 14.3. The fraction of sp³-hybridized carbons (Fsp3) is 0.474. The van der Waals surface area contributed by atoms with Gasteiger partial charge >= 0.3 is 0 Å². The third kappa shape index (κ3) is 4.23. The molecule has 1 aromatic heterocycles. The number of imidazole rings is 1. The number of rotatable bonds is 7. The lowest BCUT2D eigenvalue weighted by molar-refractivity contribution is -0.131. The highest BCUT2D eigenvalue weighted by atomic mass is 16.2. The first kappa shape index (κ1) is 16.7. The molecule has 3 rings (SSSR count). The standard InChI is InChI=1S/C19H26N4O/c1-2-22(14-17-6-4-3-5-7-17)19(24)9-12-21-11-8-18(15-21)23-13-10-20-16-23/h3-7,10,13,16,18H,2,8-9,11-12,14-15H2,1H3/t18-/m0/s1. The Morgan fingerprint density at radius 1 is 1.33 bits per heavy atom. The Balaban J connectivity index is 1.46. The minimum Gasteiger partial charge on any atom is -0.339 e. The van der Waals surface area contributed by atoms with Crippen LogP contribution in [-0.2, 0) is 11.3 Å². The molecule has 2 heterocycles. The number of nitrogens with zero attached hydrogens (tertiary/aromatic N) is 4. The van der Waals surface area contributed by atoms with Gasteiger partial charge in [0.1, 0.15) is 0 Å². The maximum absolute atomic E-state index is 12.5. The highest BCUT2D eigenvalue weighted by molar-refractivity contribution is 5.76. The van der Waals surface area contributed by atoms with E-state index in [2.05, 4.69) is 26.6 Å². The molecule has 2 aromatic rings. The Hall–Kier alpha value is -2.14. The van der Waals surface area contributed by atoms with Crippen molar-refractivity contribution in [2.75, 3.05) is 26.2 Å². The normalized spacial score (nSPS) is 18.0. The molecule has 1 fully saturated rings. The third-order valence-electron chi connectivity index (χ3n) is 4.79. The van der Waals surface area contributed by atoms with Crippen molar-refractivity contribution in [2.24, 2.45) is 0 Å². The Bertz CT molecular complexity index is 626. The van der Waals surface area contributed by atoms with Crippen molar-refractivity contribution in [3.05, 3.63) is 54.6 Å². The van der Waals surface area contributed by atoms with Crippen LogP contribution < -0.4 is 0 Å². The van der Waals surface area contributed by atoms with Gasteiger partial charge in [0.05, 0.1) is 6.33 Å². The van der Waals surface area contributed by atoms with Crippen molar-refractivity contribution in [2.45, 2.75) is 32.4 Å². The molecule has 1 saturated heterocycles. The summed E-state index contributed by atoms with van der Waals surface area (Å²) in [6, 6.07) is 10.7. The van der Waals surface area contributed by atoms with E-state index in [1.54, 1.807) is 0 Å². The van der Waals surface area contributed by atoms with Crippen LogP contribution in [-0.4, -0.2) is 51.4 Å². The van der Waals surface area contributed by atoms with Crippen LogP contribution in [0.3, 0.4) is 0 Å². The van der Waals surface area contributed by atoms with Crippen LogP contribution in [0.2, 0.25) is 0 Å². The molecule has 1 aliphatic heterocycles. The first-order valence-electron chi connectivity index (χ1n) is 8.77. The largest absolute Gasteiger partial charge is 0.339 e. The fourth-order valence-corrected chi connectivity index (χ4v) is 3.34. The Morgan fingerprint density at radius 3 is 2.88 bits per heavy atom. The Kier molecular flexibility index (Phi) is 5.64. The van der Waals surface area contributed by atoms with Gasteiger partial charge < -0.3 is 14.4 Å². The topological polar surface area (TPSA) is 41.4 Å². The molecular formula is C19H26N4O.